The molecule has 154 valence electrons. The second kappa shape index (κ2) is 8.78. The summed E-state index contributed by atoms with van der Waals surface area (Å²) in [4.78, 5) is 26.5. The maximum Gasteiger partial charge on any atom is 0.251 e. The van der Waals surface area contributed by atoms with Crippen molar-refractivity contribution in [1.29, 1.82) is 0 Å². The van der Waals surface area contributed by atoms with E-state index in [4.69, 9.17) is 0 Å². The second-order valence-corrected chi connectivity index (χ2v) is 9.41. The van der Waals surface area contributed by atoms with Gasteiger partial charge in [0, 0.05) is 31.3 Å². The lowest BCUT2D eigenvalue weighted by molar-refractivity contribution is -0.128. The van der Waals surface area contributed by atoms with Crippen LogP contribution < -0.4 is 5.32 Å². The minimum atomic E-state index is -3.25. The van der Waals surface area contributed by atoms with Gasteiger partial charge in [0.05, 0.1) is 10.9 Å². The average Bonchev–Trinajstić information content (AvgIpc) is 3.10. The van der Waals surface area contributed by atoms with E-state index in [0.717, 1.165) is 24.1 Å². The molecule has 0 unspecified atom stereocenters. The fourth-order valence-electron chi connectivity index (χ4n) is 3.46. The Balaban J connectivity index is 1.65. The lowest BCUT2D eigenvalue weighted by Gasteiger charge is -2.18. The predicted molar refractivity (Wildman–Crippen MR) is 111 cm³/mol. The van der Waals surface area contributed by atoms with Gasteiger partial charge in [0.1, 0.15) is 0 Å². The first-order valence-electron chi connectivity index (χ1n) is 9.75. The zero-order valence-corrected chi connectivity index (χ0v) is 17.5. The smallest absolute Gasteiger partial charge is 0.251 e. The number of rotatable bonds is 7. The summed E-state index contributed by atoms with van der Waals surface area (Å²) in [5.74, 6) is -0.00710. The molecule has 0 aliphatic carbocycles. The number of benzene rings is 2. The van der Waals surface area contributed by atoms with Gasteiger partial charge in [-0.2, -0.15) is 0 Å². The summed E-state index contributed by atoms with van der Waals surface area (Å²) in [6.45, 7) is 3.33. The number of likely N-dealkylation sites (tertiary alicyclic amines) is 1. The van der Waals surface area contributed by atoms with Gasteiger partial charge in [-0.1, -0.05) is 31.2 Å². The number of carbonyl (C=O) groups is 2. The van der Waals surface area contributed by atoms with Crippen LogP contribution in [0.3, 0.4) is 0 Å². The first-order chi connectivity index (χ1) is 13.8. The van der Waals surface area contributed by atoms with E-state index in [1.165, 1.54) is 6.26 Å². The molecule has 3 rings (SSSR count). The van der Waals surface area contributed by atoms with Crippen LogP contribution >= 0.6 is 0 Å². The number of amides is 2. The number of carbonyl (C=O) groups excluding carboxylic acids is 2. The third kappa shape index (κ3) is 5.23. The maximum absolute atomic E-state index is 12.6. The highest BCUT2D eigenvalue weighted by Gasteiger charge is 2.20. The van der Waals surface area contributed by atoms with Gasteiger partial charge in [0.15, 0.2) is 9.84 Å². The van der Waals surface area contributed by atoms with Gasteiger partial charge in [-0.15, -0.1) is 0 Å². The van der Waals surface area contributed by atoms with Crippen LogP contribution in [-0.4, -0.2) is 37.9 Å². The summed E-state index contributed by atoms with van der Waals surface area (Å²) in [5.41, 5.74) is 2.41. The fourth-order valence-corrected chi connectivity index (χ4v) is 4.09. The van der Waals surface area contributed by atoms with Crippen LogP contribution in [0.1, 0.15) is 53.7 Å². The standard InChI is InChI=1S/C22H26N2O4S/c1-3-20(17-10-12-19(13-11-17)29(2,27)28)23-22(26)18-8-6-16(7-9-18)15-24-14-4-5-21(24)25/h6-13,20H,3-5,14-15H2,1-2H3,(H,23,26)/t20-/m0/s1. The Labute approximate surface area is 171 Å². The Morgan fingerprint density at radius 1 is 1.10 bits per heavy atom. The summed E-state index contributed by atoms with van der Waals surface area (Å²) >= 11 is 0. The largest absolute Gasteiger partial charge is 0.345 e. The molecule has 1 aliphatic rings. The van der Waals surface area contributed by atoms with Crippen LogP contribution in [0.4, 0.5) is 0 Å². The van der Waals surface area contributed by atoms with Gasteiger partial charge >= 0.3 is 0 Å². The van der Waals surface area contributed by atoms with Gasteiger partial charge in [-0.25, -0.2) is 8.42 Å². The molecular weight excluding hydrogens is 388 g/mol. The van der Waals surface area contributed by atoms with Crippen molar-refractivity contribution >= 4 is 21.7 Å². The summed E-state index contributed by atoms with van der Waals surface area (Å²) in [6.07, 6.45) is 3.37. The molecule has 0 bridgehead atoms. The van der Waals surface area contributed by atoms with Crippen molar-refractivity contribution < 1.29 is 18.0 Å². The molecule has 0 radical (unpaired) electrons. The first kappa shape index (κ1) is 21.0. The molecule has 0 aromatic heterocycles. The van der Waals surface area contributed by atoms with E-state index in [2.05, 4.69) is 5.32 Å². The predicted octanol–water partition coefficient (Wildman–Crippen LogP) is 3.09. The van der Waals surface area contributed by atoms with Crippen molar-refractivity contribution in [2.75, 3.05) is 12.8 Å². The van der Waals surface area contributed by atoms with Crippen molar-refractivity contribution in [2.45, 2.75) is 43.7 Å². The van der Waals surface area contributed by atoms with E-state index >= 15 is 0 Å². The summed E-state index contributed by atoms with van der Waals surface area (Å²) < 4.78 is 23.2. The lowest BCUT2D eigenvalue weighted by Crippen LogP contribution is -2.28. The van der Waals surface area contributed by atoms with Gasteiger partial charge in [-0.05, 0) is 48.2 Å². The molecule has 1 saturated heterocycles. The minimum Gasteiger partial charge on any atom is -0.345 e. The van der Waals surface area contributed by atoms with Crippen LogP contribution in [0.25, 0.3) is 0 Å². The molecular formula is C22H26N2O4S. The molecule has 29 heavy (non-hydrogen) atoms. The Morgan fingerprint density at radius 2 is 1.76 bits per heavy atom. The number of nitrogens with zero attached hydrogens (tertiary/aromatic N) is 1. The van der Waals surface area contributed by atoms with Gasteiger partial charge in [-0.3, -0.25) is 9.59 Å². The molecule has 2 amide bonds. The average molecular weight is 415 g/mol. The number of sulfone groups is 1. The zero-order chi connectivity index (χ0) is 21.0. The van der Waals surface area contributed by atoms with Crippen LogP contribution in [-0.2, 0) is 21.2 Å². The Kier molecular flexibility index (Phi) is 6.37. The molecule has 7 heteroatoms. The van der Waals surface area contributed by atoms with Crippen molar-refractivity contribution in [3.63, 3.8) is 0 Å². The third-order valence-electron chi connectivity index (χ3n) is 5.19. The molecule has 0 saturated carbocycles. The van der Waals surface area contributed by atoms with Gasteiger partial charge in [0.2, 0.25) is 5.91 Å². The topological polar surface area (TPSA) is 83.6 Å². The van der Waals surface area contributed by atoms with E-state index in [9.17, 15) is 18.0 Å². The van der Waals surface area contributed by atoms with Gasteiger partial charge in [0.25, 0.3) is 5.91 Å². The van der Waals surface area contributed by atoms with Gasteiger partial charge < -0.3 is 10.2 Å². The van der Waals surface area contributed by atoms with E-state index in [1.54, 1.807) is 36.4 Å². The van der Waals surface area contributed by atoms with Crippen molar-refractivity contribution in [3.05, 3.63) is 65.2 Å². The Morgan fingerprint density at radius 3 is 2.28 bits per heavy atom. The van der Waals surface area contributed by atoms with Crippen LogP contribution in [0, 0.1) is 0 Å². The minimum absolute atomic E-state index is 0.180. The number of hydrogen-bond donors (Lipinski definition) is 1. The van der Waals surface area contributed by atoms with E-state index in [-0.39, 0.29) is 22.8 Å². The molecule has 2 aromatic rings. The summed E-state index contributed by atoms with van der Waals surface area (Å²) in [6, 6.07) is 13.7. The van der Waals surface area contributed by atoms with Crippen molar-refractivity contribution in [2.24, 2.45) is 0 Å². The van der Waals surface area contributed by atoms with Crippen molar-refractivity contribution in [1.82, 2.24) is 10.2 Å². The SMILES string of the molecule is CC[C@H](NC(=O)c1ccc(CN2CCCC2=O)cc1)c1ccc(S(C)(=O)=O)cc1. The highest BCUT2D eigenvalue weighted by Crippen LogP contribution is 2.20. The third-order valence-corrected chi connectivity index (χ3v) is 6.31. The molecule has 1 aliphatic heterocycles. The zero-order valence-electron chi connectivity index (χ0n) is 16.7. The molecule has 6 nitrogen and oxygen atoms in total. The summed E-state index contributed by atoms with van der Waals surface area (Å²) in [7, 11) is -3.25. The highest BCUT2D eigenvalue weighted by molar-refractivity contribution is 7.90. The highest BCUT2D eigenvalue weighted by atomic mass is 32.2. The molecule has 2 aromatic carbocycles. The maximum atomic E-state index is 12.6. The van der Waals surface area contributed by atoms with E-state index < -0.39 is 9.84 Å². The Hall–Kier alpha value is -2.67. The van der Waals surface area contributed by atoms with Crippen molar-refractivity contribution in [3.8, 4) is 0 Å². The van der Waals surface area contributed by atoms with Crippen LogP contribution in [0.2, 0.25) is 0 Å². The molecule has 1 heterocycles. The Bertz CT molecular complexity index is 982. The second-order valence-electron chi connectivity index (χ2n) is 7.39. The fraction of sp³-hybridized carbons (Fsp3) is 0.364. The van der Waals surface area contributed by atoms with E-state index in [0.29, 0.717) is 24.9 Å². The molecule has 0 spiro atoms. The molecule has 1 N–H and O–H groups in total. The molecule has 1 atom stereocenters. The number of nitrogens with one attached hydrogen (secondary N) is 1. The monoisotopic (exact) mass is 414 g/mol. The first-order valence-corrected chi connectivity index (χ1v) is 11.6. The van der Waals surface area contributed by atoms with Crippen LogP contribution in [0.5, 0.6) is 0 Å². The van der Waals surface area contributed by atoms with Crippen LogP contribution in [0.15, 0.2) is 53.4 Å². The lowest BCUT2D eigenvalue weighted by atomic mass is 10.0. The quantitative estimate of drug-likeness (QED) is 0.755. The molecule has 1 fully saturated rings. The van der Waals surface area contributed by atoms with E-state index in [1.807, 2.05) is 24.0 Å². The number of hydrogen-bond acceptors (Lipinski definition) is 4. The summed E-state index contributed by atoms with van der Waals surface area (Å²) in [5, 5.41) is 3.00. The normalized spacial score (nSPS) is 15.4.